The summed E-state index contributed by atoms with van der Waals surface area (Å²) in [6, 6.07) is 0. The predicted octanol–water partition coefficient (Wildman–Crippen LogP) is 2.09. The second-order valence-corrected chi connectivity index (χ2v) is 4.76. The van der Waals surface area contributed by atoms with Crippen molar-refractivity contribution in [1.82, 2.24) is 9.97 Å². The Bertz CT molecular complexity index is 450. The molecule has 78 valence electrons. The number of aromatic nitrogens is 2. The van der Waals surface area contributed by atoms with Crippen LogP contribution in [0.15, 0.2) is 17.1 Å². The maximum Gasteiger partial charge on any atom is 0.231 e. The lowest BCUT2D eigenvalue weighted by Gasteiger charge is -1.99. The highest BCUT2D eigenvalue weighted by atomic mass is 32.1. The van der Waals surface area contributed by atoms with E-state index in [1.54, 1.807) is 11.7 Å². The molecule has 0 aliphatic rings. The number of nitrogens with one attached hydrogen (secondary N) is 1. The maximum absolute atomic E-state index is 11.6. The number of carbonyl (C=O) groups excluding carboxylic acids is 1. The van der Waals surface area contributed by atoms with Gasteiger partial charge in [-0.1, -0.05) is 0 Å². The first kappa shape index (κ1) is 10.3. The molecule has 0 atom stereocenters. The summed E-state index contributed by atoms with van der Waals surface area (Å²) >= 11 is 2.91. The van der Waals surface area contributed by atoms with Crippen molar-refractivity contribution in [2.45, 2.75) is 13.3 Å². The summed E-state index contributed by atoms with van der Waals surface area (Å²) in [4.78, 5) is 20.6. The molecule has 15 heavy (non-hydrogen) atoms. The first-order chi connectivity index (χ1) is 7.25. The average molecular weight is 239 g/mol. The molecule has 0 radical (unpaired) electrons. The van der Waals surface area contributed by atoms with E-state index in [2.05, 4.69) is 15.3 Å². The molecule has 4 nitrogen and oxygen atoms in total. The van der Waals surface area contributed by atoms with Crippen molar-refractivity contribution in [3.8, 4) is 0 Å². The minimum absolute atomic E-state index is 0.0442. The Morgan fingerprint density at radius 2 is 2.33 bits per heavy atom. The SMILES string of the molecule is Cc1ncsc1CC(=O)Nc1nccs1. The third kappa shape index (κ3) is 2.60. The zero-order valence-corrected chi connectivity index (χ0v) is 9.69. The van der Waals surface area contributed by atoms with Gasteiger partial charge in [0.15, 0.2) is 5.13 Å². The summed E-state index contributed by atoms with van der Waals surface area (Å²) in [5.41, 5.74) is 2.68. The number of hydrogen-bond acceptors (Lipinski definition) is 5. The van der Waals surface area contributed by atoms with Crippen LogP contribution >= 0.6 is 22.7 Å². The second kappa shape index (κ2) is 4.50. The summed E-state index contributed by atoms with van der Waals surface area (Å²) in [6.07, 6.45) is 2.04. The Morgan fingerprint density at radius 1 is 1.47 bits per heavy atom. The molecule has 0 unspecified atom stereocenters. The lowest BCUT2D eigenvalue weighted by atomic mass is 10.3. The fourth-order valence-corrected chi connectivity index (χ4v) is 2.41. The van der Waals surface area contributed by atoms with E-state index in [1.165, 1.54) is 22.7 Å². The Balaban J connectivity index is 1.96. The van der Waals surface area contributed by atoms with Gasteiger partial charge >= 0.3 is 0 Å². The van der Waals surface area contributed by atoms with E-state index in [0.29, 0.717) is 11.6 Å². The summed E-state index contributed by atoms with van der Waals surface area (Å²) in [5, 5.41) is 5.20. The van der Waals surface area contributed by atoms with Crippen LogP contribution < -0.4 is 5.32 Å². The summed E-state index contributed by atoms with van der Waals surface area (Å²) in [7, 11) is 0. The molecule has 1 N–H and O–H groups in total. The van der Waals surface area contributed by atoms with Crippen molar-refractivity contribution in [2.75, 3.05) is 5.32 Å². The minimum atomic E-state index is -0.0442. The van der Waals surface area contributed by atoms with E-state index in [-0.39, 0.29) is 5.91 Å². The van der Waals surface area contributed by atoms with Crippen LogP contribution in [0.3, 0.4) is 0 Å². The smallest absolute Gasteiger partial charge is 0.231 e. The van der Waals surface area contributed by atoms with E-state index < -0.39 is 0 Å². The lowest BCUT2D eigenvalue weighted by Crippen LogP contribution is -2.13. The number of amides is 1. The molecule has 2 aromatic rings. The Morgan fingerprint density at radius 3 is 2.93 bits per heavy atom. The molecule has 0 spiro atoms. The van der Waals surface area contributed by atoms with E-state index in [9.17, 15) is 4.79 Å². The van der Waals surface area contributed by atoms with Gasteiger partial charge in [0.2, 0.25) is 5.91 Å². The molecule has 0 saturated carbocycles. The molecule has 2 rings (SSSR count). The standard InChI is InChI=1S/C9H9N3OS2/c1-6-7(15-5-11-6)4-8(13)12-9-10-2-3-14-9/h2-3,5H,4H2,1H3,(H,10,12,13). The normalized spacial score (nSPS) is 10.2. The van der Waals surface area contributed by atoms with Gasteiger partial charge in [-0.2, -0.15) is 0 Å². The van der Waals surface area contributed by atoms with Gasteiger partial charge in [-0.15, -0.1) is 22.7 Å². The van der Waals surface area contributed by atoms with Crippen LogP contribution in [0.5, 0.6) is 0 Å². The fourth-order valence-electron chi connectivity index (χ4n) is 1.09. The Labute approximate surface area is 95.0 Å². The van der Waals surface area contributed by atoms with Gasteiger partial charge in [0.1, 0.15) is 0 Å². The molecule has 1 amide bonds. The fraction of sp³-hybridized carbons (Fsp3) is 0.222. The molecule has 0 aromatic carbocycles. The summed E-state index contributed by atoms with van der Waals surface area (Å²) in [5.74, 6) is -0.0442. The highest BCUT2D eigenvalue weighted by molar-refractivity contribution is 7.13. The van der Waals surface area contributed by atoms with Crippen molar-refractivity contribution >= 4 is 33.7 Å². The molecule has 2 aromatic heterocycles. The van der Waals surface area contributed by atoms with E-state index in [0.717, 1.165) is 10.6 Å². The highest BCUT2D eigenvalue weighted by Gasteiger charge is 2.09. The topological polar surface area (TPSA) is 54.9 Å². The number of rotatable bonds is 3. The van der Waals surface area contributed by atoms with Crippen molar-refractivity contribution in [3.63, 3.8) is 0 Å². The van der Waals surface area contributed by atoms with Gasteiger partial charge in [0.05, 0.1) is 17.6 Å². The van der Waals surface area contributed by atoms with Crippen LogP contribution in [0.2, 0.25) is 0 Å². The second-order valence-electron chi connectivity index (χ2n) is 2.92. The zero-order valence-electron chi connectivity index (χ0n) is 8.06. The van der Waals surface area contributed by atoms with Crippen molar-refractivity contribution < 1.29 is 4.79 Å². The minimum Gasteiger partial charge on any atom is -0.302 e. The van der Waals surface area contributed by atoms with Crippen LogP contribution in [0.1, 0.15) is 10.6 Å². The molecule has 0 aliphatic carbocycles. The van der Waals surface area contributed by atoms with Crippen LogP contribution in [0.4, 0.5) is 5.13 Å². The number of thiazole rings is 2. The van der Waals surface area contributed by atoms with Gasteiger partial charge in [0, 0.05) is 16.5 Å². The monoisotopic (exact) mass is 239 g/mol. The summed E-state index contributed by atoms with van der Waals surface area (Å²) < 4.78 is 0. The van der Waals surface area contributed by atoms with Gasteiger partial charge in [-0.05, 0) is 6.92 Å². The Hall–Kier alpha value is -1.27. The maximum atomic E-state index is 11.6. The van der Waals surface area contributed by atoms with Gasteiger partial charge in [-0.25, -0.2) is 9.97 Å². The molecule has 0 saturated heterocycles. The highest BCUT2D eigenvalue weighted by Crippen LogP contribution is 2.15. The first-order valence-corrected chi connectivity index (χ1v) is 6.10. The van der Waals surface area contributed by atoms with E-state index in [1.807, 2.05) is 12.3 Å². The molecule has 2 heterocycles. The lowest BCUT2D eigenvalue weighted by molar-refractivity contribution is -0.115. The molecular formula is C9H9N3OS2. The number of carbonyl (C=O) groups is 1. The largest absolute Gasteiger partial charge is 0.302 e. The molecule has 0 aliphatic heterocycles. The molecule has 0 bridgehead atoms. The number of aryl methyl sites for hydroxylation is 1. The molecule has 6 heteroatoms. The van der Waals surface area contributed by atoms with Crippen molar-refractivity contribution in [2.24, 2.45) is 0 Å². The average Bonchev–Trinajstić information content (AvgIpc) is 2.79. The predicted molar refractivity (Wildman–Crippen MR) is 61.3 cm³/mol. The van der Waals surface area contributed by atoms with Gasteiger partial charge in [0.25, 0.3) is 0 Å². The first-order valence-electron chi connectivity index (χ1n) is 4.34. The Kier molecular flexibility index (Phi) is 3.08. The van der Waals surface area contributed by atoms with Crippen LogP contribution in [0, 0.1) is 6.92 Å². The number of hydrogen-bond donors (Lipinski definition) is 1. The van der Waals surface area contributed by atoms with Gasteiger partial charge in [-0.3, -0.25) is 4.79 Å². The van der Waals surface area contributed by atoms with Crippen molar-refractivity contribution in [1.29, 1.82) is 0 Å². The van der Waals surface area contributed by atoms with E-state index >= 15 is 0 Å². The van der Waals surface area contributed by atoms with Gasteiger partial charge < -0.3 is 5.32 Å². The van der Waals surface area contributed by atoms with Crippen molar-refractivity contribution in [3.05, 3.63) is 27.7 Å². The quantitative estimate of drug-likeness (QED) is 0.892. The van der Waals surface area contributed by atoms with Crippen LogP contribution in [-0.4, -0.2) is 15.9 Å². The molecular weight excluding hydrogens is 230 g/mol. The summed E-state index contributed by atoms with van der Waals surface area (Å²) in [6.45, 7) is 1.91. The third-order valence-electron chi connectivity index (χ3n) is 1.84. The number of nitrogens with zero attached hydrogens (tertiary/aromatic N) is 2. The van der Waals surface area contributed by atoms with E-state index in [4.69, 9.17) is 0 Å². The number of anilines is 1. The molecule has 0 fully saturated rings. The van der Waals surface area contributed by atoms with Crippen LogP contribution in [-0.2, 0) is 11.2 Å². The zero-order chi connectivity index (χ0) is 10.7. The van der Waals surface area contributed by atoms with Crippen LogP contribution in [0.25, 0.3) is 0 Å². The third-order valence-corrected chi connectivity index (χ3v) is 3.47.